The average molecular weight is 178 g/mol. The van der Waals surface area contributed by atoms with Crippen molar-refractivity contribution in [2.45, 2.75) is 6.92 Å². The first-order valence-electron chi connectivity index (χ1n) is 3.90. The van der Waals surface area contributed by atoms with E-state index < -0.39 is 0 Å². The first kappa shape index (κ1) is 7.85. The van der Waals surface area contributed by atoms with Crippen LogP contribution in [0.15, 0.2) is 16.7 Å². The summed E-state index contributed by atoms with van der Waals surface area (Å²) in [7, 11) is 1.88. The topological polar surface area (TPSA) is 69.9 Å². The molecular formula is C8H10N4O. The molecule has 0 aliphatic carbocycles. The van der Waals surface area contributed by atoms with Crippen LogP contribution >= 0.6 is 0 Å². The molecule has 5 heteroatoms. The third kappa shape index (κ3) is 1.28. The van der Waals surface area contributed by atoms with E-state index in [2.05, 4.69) is 10.3 Å². The Kier molecular flexibility index (Phi) is 1.58. The van der Waals surface area contributed by atoms with Crippen LogP contribution in [0.5, 0.6) is 0 Å². The molecule has 2 rings (SSSR count). The Morgan fingerprint density at radius 3 is 2.62 bits per heavy atom. The van der Waals surface area contributed by atoms with Gasteiger partial charge in [0.1, 0.15) is 11.4 Å². The van der Waals surface area contributed by atoms with Gasteiger partial charge in [-0.15, -0.1) is 0 Å². The number of rotatable bonds is 1. The lowest BCUT2D eigenvalue weighted by molar-refractivity contribution is 0.439. The molecule has 0 bridgehead atoms. The van der Waals surface area contributed by atoms with E-state index in [1.54, 1.807) is 10.7 Å². The minimum absolute atomic E-state index is 0.304. The van der Waals surface area contributed by atoms with Gasteiger partial charge >= 0.3 is 0 Å². The summed E-state index contributed by atoms with van der Waals surface area (Å²) in [5, 5.41) is 8.00. The van der Waals surface area contributed by atoms with E-state index in [9.17, 15) is 0 Å². The van der Waals surface area contributed by atoms with Crippen molar-refractivity contribution in [1.29, 1.82) is 0 Å². The van der Waals surface area contributed by atoms with Gasteiger partial charge in [-0.3, -0.25) is 4.68 Å². The molecule has 0 aromatic carbocycles. The number of aromatic nitrogens is 3. The third-order valence-corrected chi connectivity index (χ3v) is 1.90. The Bertz CT molecular complexity index is 410. The molecule has 68 valence electrons. The number of aryl methyl sites for hydroxylation is 2. The minimum Gasteiger partial charge on any atom is -0.368 e. The average Bonchev–Trinajstić information content (AvgIpc) is 2.61. The van der Waals surface area contributed by atoms with Crippen LogP contribution in [0.4, 0.5) is 5.88 Å². The molecule has 0 aliphatic heterocycles. The van der Waals surface area contributed by atoms with Crippen molar-refractivity contribution >= 4 is 5.88 Å². The van der Waals surface area contributed by atoms with Crippen molar-refractivity contribution in [2.24, 2.45) is 7.05 Å². The maximum Gasteiger partial charge on any atom is 0.222 e. The van der Waals surface area contributed by atoms with E-state index in [1.165, 1.54) is 0 Å². The van der Waals surface area contributed by atoms with Crippen molar-refractivity contribution in [3.63, 3.8) is 0 Å². The predicted octanol–water partition coefficient (Wildman–Crippen LogP) is 0.966. The number of hydrogen-bond donors (Lipinski definition) is 1. The van der Waals surface area contributed by atoms with Crippen molar-refractivity contribution in [3.05, 3.63) is 17.8 Å². The van der Waals surface area contributed by atoms with Crippen LogP contribution < -0.4 is 5.73 Å². The molecule has 0 unspecified atom stereocenters. The maximum atomic E-state index is 5.40. The zero-order chi connectivity index (χ0) is 9.42. The van der Waals surface area contributed by atoms with Gasteiger partial charge in [0.25, 0.3) is 0 Å². The smallest absolute Gasteiger partial charge is 0.222 e. The zero-order valence-electron chi connectivity index (χ0n) is 7.48. The SMILES string of the molecule is Cc1cc(-c2cc(N)on2)nn1C. The normalized spacial score (nSPS) is 10.6. The molecule has 0 fully saturated rings. The fourth-order valence-corrected chi connectivity index (χ4v) is 1.10. The van der Waals surface area contributed by atoms with Gasteiger partial charge in [0.15, 0.2) is 0 Å². The van der Waals surface area contributed by atoms with Gasteiger partial charge in [-0.2, -0.15) is 5.10 Å². The minimum atomic E-state index is 0.304. The van der Waals surface area contributed by atoms with Crippen LogP contribution in [-0.4, -0.2) is 14.9 Å². The third-order valence-electron chi connectivity index (χ3n) is 1.90. The van der Waals surface area contributed by atoms with E-state index in [4.69, 9.17) is 10.3 Å². The Morgan fingerprint density at radius 1 is 1.38 bits per heavy atom. The van der Waals surface area contributed by atoms with Crippen LogP contribution in [0.2, 0.25) is 0 Å². The molecule has 0 atom stereocenters. The number of hydrogen-bond acceptors (Lipinski definition) is 4. The lowest BCUT2D eigenvalue weighted by Gasteiger charge is -1.88. The number of anilines is 1. The number of nitrogens with zero attached hydrogens (tertiary/aromatic N) is 3. The molecule has 0 spiro atoms. The second-order valence-corrected chi connectivity index (χ2v) is 2.91. The molecule has 2 aromatic heterocycles. The molecule has 0 aliphatic rings. The van der Waals surface area contributed by atoms with E-state index in [-0.39, 0.29) is 0 Å². The highest BCUT2D eigenvalue weighted by Gasteiger charge is 2.08. The summed E-state index contributed by atoms with van der Waals surface area (Å²) >= 11 is 0. The monoisotopic (exact) mass is 178 g/mol. The zero-order valence-corrected chi connectivity index (χ0v) is 7.48. The summed E-state index contributed by atoms with van der Waals surface area (Å²) < 4.78 is 6.52. The Hall–Kier alpha value is -1.78. The summed E-state index contributed by atoms with van der Waals surface area (Å²) in [6, 6.07) is 3.58. The molecule has 2 N–H and O–H groups in total. The Balaban J connectivity index is 2.46. The van der Waals surface area contributed by atoms with Gasteiger partial charge in [0.05, 0.1) is 0 Å². The number of nitrogens with two attached hydrogens (primary N) is 1. The van der Waals surface area contributed by atoms with Crippen LogP contribution in [0, 0.1) is 6.92 Å². The van der Waals surface area contributed by atoms with Crippen molar-refractivity contribution in [1.82, 2.24) is 14.9 Å². The van der Waals surface area contributed by atoms with Crippen LogP contribution in [-0.2, 0) is 7.05 Å². The molecule has 5 nitrogen and oxygen atoms in total. The highest BCUT2D eigenvalue weighted by molar-refractivity contribution is 5.56. The first-order chi connectivity index (χ1) is 6.16. The first-order valence-corrected chi connectivity index (χ1v) is 3.90. The Morgan fingerprint density at radius 2 is 2.15 bits per heavy atom. The lowest BCUT2D eigenvalue weighted by Crippen LogP contribution is -1.92. The van der Waals surface area contributed by atoms with Crippen molar-refractivity contribution in [2.75, 3.05) is 5.73 Å². The lowest BCUT2D eigenvalue weighted by atomic mass is 10.3. The fraction of sp³-hybridized carbons (Fsp3) is 0.250. The van der Waals surface area contributed by atoms with Gasteiger partial charge < -0.3 is 10.3 Å². The summed E-state index contributed by atoms with van der Waals surface area (Å²) in [6.07, 6.45) is 0. The molecule has 2 aromatic rings. The van der Waals surface area contributed by atoms with Gasteiger partial charge in [-0.05, 0) is 13.0 Å². The van der Waals surface area contributed by atoms with Crippen molar-refractivity contribution in [3.8, 4) is 11.4 Å². The van der Waals surface area contributed by atoms with E-state index in [0.29, 0.717) is 11.6 Å². The molecule has 0 saturated carbocycles. The Labute approximate surface area is 75.1 Å². The summed E-state index contributed by atoms with van der Waals surface area (Å²) in [5.74, 6) is 0.304. The highest BCUT2D eigenvalue weighted by Crippen LogP contribution is 2.18. The fourth-order valence-electron chi connectivity index (χ4n) is 1.10. The van der Waals surface area contributed by atoms with E-state index >= 15 is 0 Å². The van der Waals surface area contributed by atoms with Gasteiger partial charge in [0.2, 0.25) is 5.88 Å². The van der Waals surface area contributed by atoms with Crippen LogP contribution in [0.1, 0.15) is 5.69 Å². The number of nitrogen functional groups attached to an aromatic ring is 1. The molecular weight excluding hydrogens is 168 g/mol. The quantitative estimate of drug-likeness (QED) is 0.706. The summed E-state index contributed by atoms with van der Waals surface area (Å²) in [4.78, 5) is 0. The van der Waals surface area contributed by atoms with E-state index in [0.717, 1.165) is 11.4 Å². The second-order valence-electron chi connectivity index (χ2n) is 2.91. The summed E-state index contributed by atoms with van der Waals surface area (Å²) in [6.45, 7) is 1.97. The van der Waals surface area contributed by atoms with Gasteiger partial charge in [-0.1, -0.05) is 5.16 Å². The van der Waals surface area contributed by atoms with Gasteiger partial charge in [-0.25, -0.2) is 0 Å². The molecule has 0 amide bonds. The maximum absolute atomic E-state index is 5.40. The largest absolute Gasteiger partial charge is 0.368 e. The van der Waals surface area contributed by atoms with Crippen LogP contribution in [0.25, 0.3) is 11.4 Å². The molecule has 0 saturated heterocycles. The predicted molar refractivity (Wildman–Crippen MR) is 47.9 cm³/mol. The summed E-state index contributed by atoms with van der Waals surface area (Å²) in [5.41, 5.74) is 7.91. The van der Waals surface area contributed by atoms with Crippen LogP contribution in [0.3, 0.4) is 0 Å². The second kappa shape index (κ2) is 2.62. The molecule has 13 heavy (non-hydrogen) atoms. The van der Waals surface area contributed by atoms with Gasteiger partial charge in [0, 0.05) is 18.8 Å². The van der Waals surface area contributed by atoms with E-state index in [1.807, 2.05) is 20.0 Å². The molecule has 0 radical (unpaired) electrons. The standard InChI is InChI=1S/C8H10N4O/c1-5-3-6(10-12(5)2)7-4-8(9)13-11-7/h3-4H,9H2,1-2H3. The molecule has 2 heterocycles. The van der Waals surface area contributed by atoms with Crippen molar-refractivity contribution < 1.29 is 4.52 Å². The highest BCUT2D eigenvalue weighted by atomic mass is 16.5.